The highest BCUT2D eigenvalue weighted by Crippen LogP contribution is 2.28. The van der Waals surface area contributed by atoms with Gasteiger partial charge in [0.05, 0.1) is 19.9 Å². The number of Topliss-reactive ketones (excluding diaryl/α,β-unsaturated/α-hetero) is 1. The second-order valence-corrected chi connectivity index (χ2v) is 7.17. The Labute approximate surface area is 191 Å². The van der Waals surface area contributed by atoms with E-state index in [9.17, 15) is 9.59 Å². The summed E-state index contributed by atoms with van der Waals surface area (Å²) >= 11 is 0. The van der Waals surface area contributed by atoms with E-state index in [1.807, 2.05) is 36.6 Å². The third kappa shape index (κ3) is 5.92. The molecule has 0 aliphatic carbocycles. The molecule has 8 nitrogen and oxygen atoms in total. The van der Waals surface area contributed by atoms with Crippen molar-refractivity contribution in [3.8, 4) is 17.6 Å². The predicted molar refractivity (Wildman–Crippen MR) is 120 cm³/mol. The van der Waals surface area contributed by atoms with Crippen LogP contribution in [0.1, 0.15) is 33.1 Å². The number of carbonyl (C=O) groups is 2. The van der Waals surface area contributed by atoms with E-state index in [2.05, 4.69) is 0 Å². The van der Waals surface area contributed by atoms with Crippen LogP contribution in [-0.4, -0.2) is 36.6 Å². The number of hydrogen-bond donors (Lipinski definition) is 0. The number of nitrogens with zero attached hydrogens (tertiary/aromatic N) is 2. The second-order valence-electron chi connectivity index (χ2n) is 7.17. The van der Waals surface area contributed by atoms with Crippen LogP contribution in [0.2, 0.25) is 0 Å². The van der Waals surface area contributed by atoms with Crippen LogP contribution >= 0.6 is 0 Å². The number of methoxy groups -OCH3 is 1. The number of rotatable bonds is 10. The lowest BCUT2D eigenvalue weighted by atomic mass is 10.1. The van der Waals surface area contributed by atoms with Crippen LogP contribution in [0.5, 0.6) is 11.5 Å². The van der Waals surface area contributed by atoms with Gasteiger partial charge in [0.2, 0.25) is 5.78 Å². The summed E-state index contributed by atoms with van der Waals surface area (Å²) in [5.74, 6) is 0.719. The van der Waals surface area contributed by atoms with Crippen molar-refractivity contribution in [3.05, 3.63) is 77.0 Å². The third-order valence-corrected chi connectivity index (χ3v) is 5.01. The van der Waals surface area contributed by atoms with E-state index in [4.69, 9.17) is 23.9 Å². The van der Waals surface area contributed by atoms with Crippen molar-refractivity contribution in [2.24, 2.45) is 0 Å². The molecule has 0 bridgehead atoms. The van der Waals surface area contributed by atoms with Gasteiger partial charge in [-0.25, -0.2) is 4.79 Å². The van der Waals surface area contributed by atoms with Gasteiger partial charge in [-0.2, -0.15) is 5.26 Å². The lowest BCUT2D eigenvalue weighted by Gasteiger charge is -2.08. The van der Waals surface area contributed by atoms with Gasteiger partial charge in [-0.3, -0.25) is 4.79 Å². The Morgan fingerprint density at radius 3 is 2.70 bits per heavy atom. The standard InChI is InChI=1S/C25H24N2O6/c1-17-13-21(18(2)27(17)15-20-5-4-11-31-20)22(28)16-33-25(29)9-7-19-6-8-23(32-12-10-26)24(14-19)30-3/h4-9,11,13-14H,12,15-16H2,1-3H3/b9-7+. The van der Waals surface area contributed by atoms with E-state index in [0.29, 0.717) is 29.2 Å². The summed E-state index contributed by atoms with van der Waals surface area (Å²) < 4.78 is 23.0. The molecule has 0 atom stereocenters. The molecule has 0 aliphatic heterocycles. The zero-order chi connectivity index (χ0) is 23.8. The molecule has 0 saturated heterocycles. The van der Waals surface area contributed by atoms with Crippen LogP contribution in [0.25, 0.3) is 6.08 Å². The number of esters is 1. The molecular formula is C25H24N2O6. The fourth-order valence-corrected chi connectivity index (χ4v) is 3.33. The van der Waals surface area contributed by atoms with Crippen LogP contribution in [0.4, 0.5) is 0 Å². The van der Waals surface area contributed by atoms with Crippen molar-refractivity contribution in [2.75, 3.05) is 20.3 Å². The largest absolute Gasteiger partial charge is 0.493 e. The van der Waals surface area contributed by atoms with Crippen molar-refractivity contribution < 1.29 is 28.2 Å². The Kier molecular flexibility index (Phi) is 7.71. The molecule has 0 unspecified atom stereocenters. The Bertz CT molecular complexity index is 1200. The van der Waals surface area contributed by atoms with Gasteiger partial charge in [-0.05, 0) is 55.8 Å². The van der Waals surface area contributed by atoms with Crippen LogP contribution in [0, 0.1) is 25.2 Å². The third-order valence-electron chi connectivity index (χ3n) is 5.01. The average Bonchev–Trinajstić information content (AvgIpc) is 3.43. The monoisotopic (exact) mass is 448 g/mol. The van der Waals surface area contributed by atoms with Gasteiger partial charge in [-0.1, -0.05) is 6.07 Å². The van der Waals surface area contributed by atoms with Crippen molar-refractivity contribution >= 4 is 17.8 Å². The van der Waals surface area contributed by atoms with Crippen molar-refractivity contribution in [1.29, 1.82) is 5.26 Å². The van der Waals surface area contributed by atoms with Crippen LogP contribution in [0.3, 0.4) is 0 Å². The number of hydrogen-bond acceptors (Lipinski definition) is 7. The topological polar surface area (TPSA) is 104 Å². The number of nitriles is 1. The molecule has 0 amide bonds. The number of aromatic nitrogens is 1. The number of benzene rings is 1. The number of carbonyl (C=O) groups excluding carboxylic acids is 2. The maximum absolute atomic E-state index is 12.6. The molecule has 2 heterocycles. The van der Waals surface area contributed by atoms with Gasteiger partial charge in [0.1, 0.15) is 11.8 Å². The summed E-state index contributed by atoms with van der Waals surface area (Å²) in [6, 6.07) is 12.4. The van der Waals surface area contributed by atoms with Gasteiger partial charge < -0.3 is 23.2 Å². The molecular weight excluding hydrogens is 424 g/mol. The Balaban J connectivity index is 1.59. The summed E-state index contributed by atoms with van der Waals surface area (Å²) in [5.41, 5.74) is 2.87. The van der Waals surface area contributed by atoms with E-state index in [-0.39, 0.29) is 19.0 Å². The molecule has 0 radical (unpaired) electrons. The van der Waals surface area contributed by atoms with E-state index in [1.165, 1.54) is 13.2 Å². The lowest BCUT2D eigenvalue weighted by molar-refractivity contribution is -0.136. The molecule has 170 valence electrons. The number of aryl methyl sites for hydroxylation is 1. The van der Waals surface area contributed by atoms with Crippen LogP contribution in [0.15, 0.2) is 53.2 Å². The first-order valence-electron chi connectivity index (χ1n) is 10.2. The molecule has 0 spiro atoms. The maximum atomic E-state index is 12.6. The predicted octanol–water partition coefficient (Wildman–Crippen LogP) is 4.10. The summed E-state index contributed by atoms with van der Waals surface area (Å²) in [7, 11) is 1.48. The fourth-order valence-electron chi connectivity index (χ4n) is 3.33. The number of ketones is 1. The Morgan fingerprint density at radius 2 is 2.00 bits per heavy atom. The van der Waals surface area contributed by atoms with Gasteiger partial charge in [-0.15, -0.1) is 0 Å². The van der Waals surface area contributed by atoms with Crippen LogP contribution < -0.4 is 9.47 Å². The lowest BCUT2D eigenvalue weighted by Crippen LogP contribution is -2.13. The van der Waals surface area contributed by atoms with E-state index >= 15 is 0 Å². The molecule has 8 heteroatoms. The SMILES string of the molecule is COc1cc(/C=C/C(=O)OCC(=O)c2cc(C)n(Cc3ccco3)c2C)ccc1OCC#N. The summed E-state index contributed by atoms with van der Waals surface area (Å²) in [6.45, 7) is 3.81. The average molecular weight is 448 g/mol. The zero-order valence-corrected chi connectivity index (χ0v) is 18.7. The molecule has 3 aromatic rings. The van der Waals surface area contributed by atoms with Crippen molar-refractivity contribution in [3.63, 3.8) is 0 Å². The minimum absolute atomic E-state index is 0.100. The first-order valence-corrected chi connectivity index (χ1v) is 10.2. The fraction of sp³-hybridized carbons (Fsp3) is 0.240. The number of furan rings is 1. The maximum Gasteiger partial charge on any atom is 0.331 e. The molecule has 3 rings (SSSR count). The van der Waals surface area contributed by atoms with Gasteiger partial charge in [0.15, 0.2) is 24.7 Å². The van der Waals surface area contributed by atoms with Crippen LogP contribution in [-0.2, 0) is 16.1 Å². The van der Waals surface area contributed by atoms with Gasteiger partial charge in [0.25, 0.3) is 0 Å². The summed E-state index contributed by atoms with van der Waals surface area (Å²) in [5, 5.41) is 8.63. The van der Waals surface area contributed by atoms with E-state index in [0.717, 1.165) is 17.1 Å². The second kappa shape index (κ2) is 10.9. The first-order chi connectivity index (χ1) is 15.9. The van der Waals surface area contributed by atoms with E-state index < -0.39 is 5.97 Å². The summed E-state index contributed by atoms with van der Waals surface area (Å²) in [6.07, 6.45) is 4.38. The molecule has 0 fully saturated rings. The van der Waals surface area contributed by atoms with E-state index in [1.54, 1.807) is 36.6 Å². The Morgan fingerprint density at radius 1 is 1.18 bits per heavy atom. The van der Waals surface area contributed by atoms with Crippen molar-refractivity contribution in [1.82, 2.24) is 4.57 Å². The first kappa shape index (κ1) is 23.4. The summed E-state index contributed by atoms with van der Waals surface area (Å²) in [4.78, 5) is 24.7. The Hall–Kier alpha value is -4.25. The van der Waals surface area contributed by atoms with Gasteiger partial charge in [0, 0.05) is 23.0 Å². The quantitative estimate of drug-likeness (QED) is 0.261. The van der Waals surface area contributed by atoms with Gasteiger partial charge >= 0.3 is 5.97 Å². The molecule has 33 heavy (non-hydrogen) atoms. The normalized spacial score (nSPS) is 10.7. The van der Waals surface area contributed by atoms with Crippen molar-refractivity contribution in [2.45, 2.75) is 20.4 Å². The molecule has 0 saturated carbocycles. The molecule has 2 aromatic heterocycles. The molecule has 0 N–H and O–H groups in total. The number of ether oxygens (including phenoxy) is 3. The molecule has 0 aliphatic rings. The molecule has 1 aromatic carbocycles. The smallest absolute Gasteiger partial charge is 0.331 e. The highest BCUT2D eigenvalue weighted by atomic mass is 16.5. The zero-order valence-electron chi connectivity index (χ0n) is 18.7. The highest BCUT2D eigenvalue weighted by molar-refractivity contribution is 6.00. The minimum Gasteiger partial charge on any atom is -0.493 e. The highest BCUT2D eigenvalue weighted by Gasteiger charge is 2.17. The minimum atomic E-state index is -0.642.